The molecule has 0 radical (unpaired) electrons. The van der Waals surface area contributed by atoms with Gasteiger partial charge in [0.25, 0.3) is 5.91 Å². The highest BCUT2D eigenvalue weighted by Gasteiger charge is 2.31. The molecule has 1 amide bonds. The number of hydrogen-bond acceptors (Lipinski definition) is 3. The molecule has 0 saturated carbocycles. The lowest BCUT2D eigenvalue weighted by Gasteiger charge is -2.19. The molecule has 0 spiro atoms. The van der Waals surface area contributed by atoms with Gasteiger partial charge in [0.15, 0.2) is 6.10 Å². The largest absolute Gasteiger partial charge is 0.480 e. The van der Waals surface area contributed by atoms with Gasteiger partial charge < -0.3 is 15.0 Å². The van der Waals surface area contributed by atoms with Crippen LogP contribution in [-0.4, -0.2) is 37.6 Å². The topological polar surface area (TPSA) is 41.6 Å². The van der Waals surface area contributed by atoms with Crippen LogP contribution in [0.5, 0.6) is 5.75 Å². The maximum atomic E-state index is 13.3. The third-order valence-corrected chi connectivity index (χ3v) is 3.52. The van der Waals surface area contributed by atoms with E-state index in [1.165, 1.54) is 12.1 Å². The first-order valence-electron chi connectivity index (χ1n) is 6.41. The minimum absolute atomic E-state index is 0.0209. The standard InChI is InChI=1S/C14H19FN2O2/c1-9(16-2)11-8-10(15)4-5-12(11)19-13-6-7-17(3)14(13)18/h4-5,8-9,13,16H,6-7H2,1-3H3. The number of nitrogens with zero attached hydrogens (tertiary/aromatic N) is 1. The Labute approximate surface area is 112 Å². The number of hydrogen-bond donors (Lipinski definition) is 1. The van der Waals surface area contributed by atoms with E-state index in [9.17, 15) is 9.18 Å². The summed E-state index contributed by atoms with van der Waals surface area (Å²) in [6, 6.07) is 4.34. The second kappa shape index (κ2) is 5.57. The van der Waals surface area contributed by atoms with Gasteiger partial charge in [-0.25, -0.2) is 4.39 Å². The molecule has 2 unspecified atom stereocenters. The second-order valence-electron chi connectivity index (χ2n) is 4.85. The molecule has 0 aromatic heterocycles. The fraction of sp³-hybridized carbons (Fsp3) is 0.500. The summed E-state index contributed by atoms with van der Waals surface area (Å²) in [4.78, 5) is 13.5. The van der Waals surface area contributed by atoms with Gasteiger partial charge in [-0.2, -0.15) is 0 Å². The van der Waals surface area contributed by atoms with Crippen molar-refractivity contribution in [2.45, 2.75) is 25.5 Å². The van der Waals surface area contributed by atoms with Crippen molar-refractivity contribution in [2.75, 3.05) is 20.6 Å². The summed E-state index contributed by atoms with van der Waals surface area (Å²) in [5.74, 6) is 0.239. The fourth-order valence-electron chi connectivity index (χ4n) is 2.17. The Morgan fingerprint density at radius 1 is 1.53 bits per heavy atom. The van der Waals surface area contributed by atoms with Gasteiger partial charge in [-0.05, 0) is 32.2 Å². The Morgan fingerprint density at radius 2 is 2.26 bits per heavy atom. The molecule has 0 aliphatic carbocycles. The summed E-state index contributed by atoms with van der Waals surface area (Å²) in [6.07, 6.45) is 0.207. The summed E-state index contributed by atoms with van der Waals surface area (Å²) in [6.45, 7) is 2.62. The van der Waals surface area contributed by atoms with E-state index in [0.717, 1.165) is 5.56 Å². The molecule has 1 aromatic rings. The van der Waals surface area contributed by atoms with Crippen LogP contribution in [0.25, 0.3) is 0 Å². The van der Waals surface area contributed by atoms with Gasteiger partial charge in [-0.1, -0.05) is 0 Å². The summed E-state index contributed by atoms with van der Waals surface area (Å²) < 4.78 is 19.1. The molecule has 1 N–H and O–H groups in total. The van der Waals surface area contributed by atoms with Crippen molar-refractivity contribution in [2.24, 2.45) is 0 Å². The van der Waals surface area contributed by atoms with E-state index in [-0.39, 0.29) is 17.8 Å². The molecule has 1 aromatic carbocycles. The molecule has 19 heavy (non-hydrogen) atoms. The number of carbonyl (C=O) groups excluding carboxylic acids is 1. The number of carbonyl (C=O) groups is 1. The molecule has 5 heteroatoms. The Morgan fingerprint density at radius 3 is 2.84 bits per heavy atom. The van der Waals surface area contributed by atoms with Gasteiger partial charge in [0.2, 0.25) is 0 Å². The normalized spacial score (nSPS) is 20.7. The van der Waals surface area contributed by atoms with Crippen molar-refractivity contribution in [3.8, 4) is 5.75 Å². The number of likely N-dealkylation sites (tertiary alicyclic amines) is 1. The molecule has 0 bridgehead atoms. The van der Waals surface area contributed by atoms with Gasteiger partial charge in [-0.15, -0.1) is 0 Å². The van der Waals surface area contributed by atoms with Crippen LogP contribution in [0, 0.1) is 5.82 Å². The highest BCUT2D eigenvalue weighted by atomic mass is 19.1. The fourth-order valence-corrected chi connectivity index (χ4v) is 2.17. The molecule has 1 heterocycles. The summed E-state index contributed by atoms with van der Waals surface area (Å²) in [7, 11) is 3.56. The van der Waals surface area contributed by atoms with E-state index < -0.39 is 6.10 Å². The van der Waals surface area contributed by atoms with Crippen molar-refractivity contribution in [1.82, 2.24) is 10.2 Å². The number of ether oxygens (including phenoxy) is 1. The molecule has 1 aliphatic heterocycles. The Bertz CT molecular complexity index is 479. The molecule has 2 rings (SSSR count). The van der Waals surface area contributed by atoms with Crippen LogP contribution in [0.15, 0.2) is 18.2 Å². The zero-order valence-corrected chi connectivity index (χ0v) is 11.4. The molecule has 1 fully saturated rings. The van der Waals surface area contributed by atoms with E-state index in [0.29, 0.717) is 18.7 Å². The Balaban J connectivity index is 2.22. The van der Waals surface area contributed by atoms with Gasteiger partial charge in [-0.3, -0.25) is 4.79 Å². The van der Waals surface area contributed by atoms with Crippen LogP contribution in [0.4, 0.5) is 4.39 Å². The molecule has 1 aliphatic rings. The molecule has 1 saturated heterocycles. The van der Waals surface area contributed by atoms with Crippen molar-refractivity contribution >= 4 is 5.91 Å². The zero-order chi connectivity index (χ0) is 14.0. The highest BCUT2D eigenvalue weighted by molar-refractivity contribution is 5.83. The predicted molar refractivity (Wildman–Crippen MR) is 70.5 cm³/mol. The van der Waals surface area contributed by atoms with Crippen LogP contribution in [0.2, 0.25) is 0 Å². The Kier molecular flexibility index (Phi) is 4.04. The average Bonchev–Trinajstić information content (AvgIpc) is 2.71. The number of amides is 1. The van der Waals surface area contributed by atoms with Crippen molar-refractivity contribution < 1.29 is 13.9 Å². The van der Waals surface area contributed by atoms with E-state index in [4.69, 9.17) is 4.74 Å². The smallest absolute Gasteiger partial charge is 0.263 e. The zero-order valence-electron chi connectivity index (χ0n) is 11.4. The number of rotatable bonds is 4. The summed E-state index contributed by atoms with van der Waals surface area (Å²) in [5.41, 5.74) is 0.727. The second-order valence-corrected chi connectivity index (χ2v) is 4.85. The summed E-state index contributed by atoms with van der Waals surface area (Å²) >= 11 is 0. The van der Waals surface area contributed by atoms with E-state index in [1.807, 2.05) is 6.92 Å². The molecule has 4 nitrogen and oxygen atoms in total. The van der Waals surface area contributed by atoms with E-state index in [2.05, 4.69) is 5.32 Å². The van der Waals surface area contributed by atoms with E-state index in [1.54, 1.807) is 25.1 Å². The lowest BCUT2D eigenvalue weighted by Crippen LogP contribution is -2.30. The van der Waals surface area contributed by atoms with Crippen LogP contribution in [0.3, 0.4) is 0 Å². The predicted octanol–water partition coefficient (Wildman–Crippen LogP) is 1.72. The maximum absolute atomic E-state index is 13.3. The van der Waals surface area contributed by atoms with Gasteiger partial charge in [0.1, 0.15) is 11.6 Å². The minimum Gasteiger partial charge on any atom is -0.480 e. The molecule has 2 atom stereocenters. The van der Waals surface area contributed by atoms with Gasteiger partial charge in [0.05, 0.1) is 0 Å². The first kappa shape index (κ1) is 13.8. The van der Waals surface area contributed by atoms with Gasteiger partial charge >= 0.3 is 0 Å². The number of benzene rings is 1. The lowest BCUT2D eigenvalue weighted by atomic mass is 10.1. The van der Waals surface area contributed by atoms with Crippen molar-refractivity contribution in [1.29, 1.82) is 0 Å². The van der Waals surface area contributed by atoms with E-state index >= 15 is 0 Å². The number of halogens is 1. The SMILES string of the molecule is CNC(C)c1cc(F)ccc1OC1CCN(C)C1=O. The Hall–Kier alpha value is -1.62. The number of nitrogens with one attached hydrogen (secondary N) is 1. The quantitative estimate of drug-likeness (QED) is 0.902. The first-order chi connectivity index (χ1) is 9.02. The third-order valence-electron chi connectivity index (χ3n) is 3.52. The average molecular weight is 266 g/mol. The van der Waals surface area contributed by atoms with Gasteiger partial charge in [0, 0.05) is 31.6 Å². The lowest BCUT2D eigenvalue weighted by molar-refractivity contribution is -0.132. The first-order valence-corrected chi connectivity index (χ1v) is 6.41. The van der Waals surface area contributed by atoms with Crippen molar-refractivity contribution in [3.05, 3.63) is 29.6 Å². The molecular formula is C14H19FN2O2. The summed E-state index contributed by atoms with van der Waals surface area (Å²) in [5, 5.41) is 3.05. The van der Waals surface area contributed by atoms with Crippen LogP contribution < -0.4 is 10.1 Å². The molecule has 104 valence electrons. The third kappa shape index (κ3) is 2.87. The van der Waals surface area contributed by atoms with Crippen LogP contribution >= 0.6 is 0 Å². The maximum Gasteiger partial charge on any atom is 0.263 e. The number of likely N-dealkylation sites (N-methyl/N-ethyl adjacent to an activating group) is 1. The van der Waals surface area contributed by atoms with Crippen molar-refractivity contribution in [3.63, 3.8) is 0 Å². The molecular weight excluding hydrogens is 247 g/mol. The van der Waals surface area contributed by atoms with Crippen LogP contribution in [-0.2, 0) is 4.79 Å². The van der Waals surface area contributed by atoms with Crippen LogP contribution in [0.1, 0.15) is 24.9 Å². The highest BCUT2D eigenvalue weighted by Crippen LogP contribution is 2.28. The monoisotopic (exact) mass is 266 g/mol. The minimum atomic E-state index is -0.460.